The molecule has 0 N–H and O–H groups in total. The third-order valence-electron chi connectivity index (χ3n) is 3.81. The van der Waals surface area contributed by atoms with E-state index in [1.165, 1.54) is 11.3 Å². The first kappa shape index (κ1) is 19.3. The summed E-state index contributed by atoms with van der Waals surface area (Å²) < 4.78 is 9.16. The topological polar surface area (TPSA) is 78.5 Å². The van der Waals surface area contributed by atoms with Gasteiger partial charge in [0.15, 0.2) is 4.80 Å². The number of rotatable bonds is 5. The number of carbonyl (C=O) groups excluding carboxylic acids is 2. The van der Waals surface area contributed by atoms with E-state index < -0.39 is 11.9 Å². The molecular formula is C18H19ClN4O3S. The van der Waals surface area contributed by atoms with Gasteiger partial charge >= 0.3 is 5.97 Å². The lowest BCUT2D eigenvalue weighted by Gasteiger charge is -2.08. The second-order valence-corrected chi connectivity index (χ2v) is 7.51. The number of aromatic nitrogens is 3. The summed E-state index contributed by atoms with van der Waals surface area (Å²) >= 11 is 7.37. The summed E-state index contributed by atoms with van der Waals surface area (Å²) in [4.78, 5) is 29.4. The van der Waals surface area contributed by atoms with Crippen molar-refractivity contribution in [3.8, 4) is 0 Å². The van der Waals surface area contributed by atoms with Gasteiger partial charge in [-0.15, -0.1) is 0 Å². The highest BCUT2D eigenvalue weighted by atomic mass is 35.5. The maximum Gasteiger partial charge on any atom is 0.326 e. The fourth-order valence-electron chi connectivity index (χ4n) is 2.66. The Hall–Kier alpha value is -2.45. The zero-order chi connectivity index (χ0) is 19.6. The van der Waals surface area contributed by atoms with Crippen LogP contribution in [0.2, 0.25) is 5.02 Å². The lowest BCUT2D eigenvalue weighted by molar-refractivity contribution is -0.143. The van der Waals surface area contributed by atoms with Gasteiger partial charge < -0.3 is 9.30 Å². The highest BCUT2D eigenvalue weighted by Gasteiger charge is 2.16. The molecule has 0 unspecified atom stereocenters. The zero-order valence-electron chi connectivity index (χ0n) is 15.2. The molecule has 0 atom stereocenters. The number of carbonyl (C=O) groups is 2. The predicted molar refractivity (Wildman–Crippen MR) is 104 cm³/mol. The Bertz CT molecular complexity index is 1060. The van der Waals surface area contributed by atoms with Gasteiger partial charge in [-0.3, -0.25) is 14.3 Å². The number of nitrogens with zero attached hydrogens (tertiary/aromatic N) is 4. The Morgan fingerprint density at radius 2 is 2.11 bits per heavy atom. The van der Waals surface area contributed by atoms with Crippen molar-refractivity contribution in [2.75, 3.05) is 6.61 Å². The molecule has 2 aromatic heterocycles. The third-order valence-corrected chi connectivity index (χ3v) is 5.09. The van der Waals surface area contributed by atoms with Crippen molar-refractivity contribution in [3.63, 3.8) is 0 Å². The maximum absolute atomic E-state index is 12.7. The highest BCUT2D eigenvalue weighted by Crippen LogP contribution is 2.22. The van der Waals surface area contributed by atoms with Crippen LogP contribution in [0.4, 0.5) is 0 Å². The molecule has 0 aliphatic heterocycles. The van der Waals surface area contributed by atoms with E-state index in [9.17, 15) is 9.59 Å². The summed E-state index contributed by atoms with van der Waals surface area (Å²) in [6, 6.07) is 6.98. The normalized spacial score (nSPS) is 12.1. The zero-order valence-corrected chi connectivity index (χ0v) is 16.8. The van der Waals surface area contributed by atoms with Crippen LogP contribution in [0.1, 0.15) is 37.3 Å². The summed E-state index contributed by atoms with van der Waals surface area (Å²) in [5.74, 6) is -0.815. The van der Waals surface area contributed by atoms with Gasteiger partial charge in [0.25, 0.3) is 5.91 Å². The summed E-state index contributed by atoms with van der Waals surface area (Å²) in [5, 5.41) is 4.74. The van der Waals surface area contributed by atoms with Crippen LogP contribution < -0.4 is 4.80 Å². The van der Waals surface area contributed by atoms with E-state index in [4.69, 9.17) is 16.3 Å². The minimum absolute atomic E-state index is 0.0296. The largest absolute Gasteiger partial charge is 0.465 e. The van der Waals surface area contributed by atoms with Crippen molar-refractivity contribution in [2.24, 2.45) is 4.99 Å². The molecule has 0 fully saturated rings. The highest BCUT2D eigenvalue weighted by molar-refractivity contribution is 7.16. The van der Waals surface area contributed by atoms with Gasteiger partial charge in [0.1, 0.15) is 12.2 Å². The van der Waals surface area contributed by atoms with Crippen LogP contribution in [0.15, 0.2) is 35.5 Å². The molecule has 1 amide bonds. The molecule has 0 saturated heterocycles. The predicted octanol–water partition coefficient (Wildman–Crippen LogP) is 3.44. The summed E-state index contributed by atoms with van der Waals surface area (Å²) in [5.41, 5.74) is 1.16. The molecule has 3 aromatic rings. The Kier molecular flexibility index (Phi) is 5.76. The molecule has 7 nitrogen and oxygen atoms in total. The summed E-state index contributed by atoms with van der Waals surface area (Å²) in [6.45, 7) is 5.87. The standard InChI is InChI=1S/C18H19ClN4O3S/c1-4-26-16(24)10-22-13-6-5-12(19)9-15(13)27-18(22)21-17(25)14-7-8-20-23(14)11(2)3/h5-9,11H,4,10H2,1-3H3. The average molecular weight is 407 g/mol. The van der Waals surface area contributed by atoms with Crippen molar-refractivity contribution < 1.29 is 14.3 Å². The molecule has 0 bridgehead atoms. The van der Waals surface area contributed by atoms with E-state index in [-0.39, 0.29) is 19.2 Å². The lowest BCUT2D eigenvalue weighted by atomic mass is 10.3. The Balaban J connectivity index is 2.11. The third kappa shape index (κ3) is 4.12. The maximum atomic E-state index is 12.7. The van der Waals surface area contributed by atoms with E-state index in [1.807, 2.05) is 13.8 Å². The van der Waals surface area contributed by atoms with E-state index in [1.54, 1.807) is 46.6 Å². The Morgan fingerprint density at radius 3 is 2.81 bits per heavy atom. The number of amides is 1. The van der Waals surface area contributed by atoms with Gasteiger partial charge in [0.2, 0.25) is 0 Å². The number of hydrogen-bond acceptors (Lipinski definition) is 5. The fourth-order valence-corrected chi connectivity index (χ4v) is 3.96. The number of benzene rings is 1. The van der Waals surface area contributed by atoms with Crippen molar-refractivity contribution in [2.45, 2.75) is 33.4 Å². The van der Waals surface area contributed by atoms with E-state index in [0.29, 0.717) is 15.5 Å². The van der Waals surface area contributed by atoms with Crippen LogP contribution >= 0.6 is 22.9 Å². The molecule has 1 aromatic carbocycles. The number of hydrogen-bond donors (Lipinski definition) is 0. The SMILES string of the molecule is CCOC(=O)Cn1c(=NC(=O)c2ccnn2C(C)C)sc2cc(Cl)ccc21. The smallest absolute Gasteiger partial charge is 0.326 e. The molecule has 9 heteroatoms. The van der Waals surface area contributed by atoms with Crippen LogP contribution in [-0.4, -0.2) is 32.8 Å². The van der Waals surface area contributed by atoms with Gasteiger partial charge in [-0.25, -0.2) is 0 Å². The van der Waals surface area contributed by atoms with Crippen LogP contribution in [0.5, 0.6) is 0 Å². The van der Waals surface area contributed by atoms with Gasteiger partial charge in [-0.05, 0) is 45.0 Å². The minimum atomic E-state index is -0.420. The second-order valence-electron chi connectivity index (χ2n) is 6.06. The van der Waals surface area contributed by atoms with Gasteiger partial charge in [-0.1, -0.05) is 22.9 Å². The first-order valence-electron chi connectivity index (χ1n) is 8.47. The molecule has 0 aliphatic rings. The van der Waals surface area contributed by atoms with Gasteiger partial charge in [0, 0.05) is 17.3 Å². The number of thiazole rings is 1. The number of halogens is 1. The van der Waals surface area contributed by atoms with Crippen molar-refractivity contribution in [1.82, 2.24) is 14.3 Å². The first-order valence-corrected chi connectivity index (χ1v) is 9.67. The van der Waals surface area contributed by atoms with Crippen LogP contribution in [-0.2, 0) is 16.1 Å². The molecule has 0 spiro atoms. The van der Waals surface area contributed by atoms with Crippen LogP contribution in [0, 0.1) is 0 Å². The monoisotopic (exact) mass is 406 g/mol. The molecule has 27 heavy (non-hydrogen) atoms. The van der Waals surface area contributed by atoms with Crippen LogP contribution in [0.3, 0.4) is 0 Å². The Morgan fingerprint density at radius 1 is 1.33 bits per heavy atom. The average Bonchev–Trinajstić information content (AvgIpc) is 3.20. The van der Waals surface area contributed by atoms with Crippen molar-refractivity contribution >= 4 is 45.0 Å². The number of esters is 1. The number of fused-ring (bicyclic) bond motifs is 1. The van der Waals surface area contributed by atoms with E-state index in [2.05, 4.69) is 10.1 Å². The number of ether oxygens (including phenoxy) is 1. The summed E-state index contributed by atoms with van der Waals surface area (Å²) in [6.07, 6.45) is 1.57. The van der Waals surface area contributed by atoms with Crippen molar-refractivity contribution in [3.05, 3.63) is 46.0 Å². The van der Waals surface area contributed by atoms with Gasteiger partial charge in [0.05, 0.1) is 16.8 Å². The van der Waals surface area contributed by atoms with Crippen molar-refractivity contribution in [1.29, 1.82) is 0 Å². The summed E-state index contributed by atoms with van der Waals surface area (Å²) in [7, 11) is 0. The molecule has 0 saturated carbocycles. The molecular weight excluding hydrogens is 388 g/mol. The quantitative estimate of drug-likeness (QED) is 0.608. The van der Waals surface area contributed by atoms with Gasteiger partial charge in [-0.2, -0.15) is 10.1 Å². The fraction of sp³-hybridized carbons (Fsp3) is 0.333. The molecule has 3 rings (SSSR count). The lowest BCUT2D eigenvalue weighted by Crippen LogP contribution is -2.23. The van der Waals surface area contributed by atoms with E-state index in [0.717, 1.165) is 10.2 Å². The molecule has 2 heterocycles. The molecule has 0 radical (unpaired) electrons. The van der Waals surface area contributed by atoms with E-state index >= 15 is 0 Å². The Labute approximate surface area is 164 Å². The minimum Gasteiger partial charge on any atom is -0.465 e. The second kappa shape index (κ2) is 8.06. The first-order chi connectivity index (χ1) is 12.9. The van der Waals surface area contributed by atoms with Crippen LogP contribution in [0.25, 0.3) is 10.2 Å². The molecule has 142 valence electrons. The molecule has 0 aliphatic carbocycles.